The number of carbonyl (C=O) groups is 1. The topological polar surface area (TPSA) is 95.6 Å². The van der Waals surface area contributed by atoms with Crippen molar-refractivity contribution in [3.8, 4) is 11.5 Å². The maximum atomic E-state index is 13.3. The van der Waals surface area contributed by atoms with Gasteiger partial charge in [0.15, 0.2) is 5.43 Å². The first kappa shape index (κ1) is 25.1. The lowest BCUT2D eigenvalue weighted by molar-refractivity contribution is -0.116. The largest absolute Gasteiger partial charge is 1.00 e. The van der Waals surface area contributed by atoms with E-state index >= 15 is 0 Å². The van der Waals surface area contributed by atoms with Crippen LogP contribution < -0.4 is 38.4 Å². The van der Waals surface area contributed by atoms with Crippen LogP contribution in [0.3, 0.4) is 0 Å². The first-order chi connectivity index (χ1) is 16.0. The van der Waals surface area contributed by atoms with Crippen LogP contribution in [-0.4, -0.2) is 31.2 Å². The molecule has 0 bridgehead atoms. The molecule has 0 fully saturated rings. The molecule has 0 atom stereocenters. The number of benzene rings is 3. The van der Waals surface area contributed by atoms with E-state index in [-0.39, 0.29) is 23.7 Å². The highest BCUT2D eigenvalue weighted by atomic mass is 35.5. The van der Waals surface area contributed by atoms with E-state index in [1.807, 2.05) is 54.6 Å². The van der Waals surface area contributed by atoms with E-state index in [0.717, 1.165) is 16.6 Å². The maximum absolute atomic E-state index is 13.3. The number of nitrogens with two attached hydrogens (primary N) is 1. The number of fused-ring (bicyclic) bond motifs is 2. The number of aromatic nitrogens is 1. The van der Waals surface area contributed by atoms with Crippen molar-refractivity contribution >= 4 is 33.4 Å². The molecule has 4 aromatic rings. The van der Waals surface area contributed by atoms with Crippen molar-refractivity contribution in [1.82, 2.24) is 4.57 Å². The first-order valence-electron chi connectivity index (χ1n) is 10.8. The standard InChI is InChI=1S/C26H27N3O4.ClH/c1-32-19-12-17(13-20(15-19)33-2)16-29-23-7-4-3-6-21(23)26(31)22-14-18(9-10-24(22)29)28-25(30)8-5-11-27;/h3-4,6-7,9-10,12-15H,5,8,11,16,27H2,1-2H3,(H,28,30);1H/p-1. The van der Waals surface area contributed by atoms with Crippen LogP contribution in [0.4, 0.5) is 5.69 Å². The molecule has 0 aliphatic rings. The Balaban J connectivity index is 0.00000324. The number of amides is 1. The van der Waals surface area contributed by atoms with Gasteiger partial charge in [0.25, 0.3) is 0 Å². The first-order valence-corrected chi connectivity index (χ1v) is 10.8. The van der Waals surface area contributed by atoms with Crippen LogP contribution in [0.25, 0.3) is 21.8 Å². The molecule has 0 radical (unpaired) electrons. The van der Waals surface area contributed by atoms with Crippen LogP contribution in [0.1, 0.15) is 18.4 Å². The number of hydrogen-bond donors (Lipinski definition) is 2. The maximum Gasteiger partial charge on any atom is 0.224 e. The number of halogens is 1. The van der Waals surface area contributed by atoms with Gasteiger partial charge < -0.3 is 37.5 Å². The van der Waals surface area contributed by atoms with E-state index < -0.39 is 0 Å². The normalized spacial score (nSPS) is 10.7. The molecular weight excluding hydrogens is 454 g/mol. The second kappa shape index (κ2) is 11.0. The highest BCUT2D eigenvalue weighted by Gasteiger charge is 2.13. The molecule has 0 saturated heterocycles. The summed E-state index contributed by atoms with van der Waals surface area (Å²) < 4.78 is 12.9. The van der Waals surface area contributed by atoms with Gasteiger partial charge in [0, 0.05) is 35.5 Å². The second-order valence-electron chi connectivity index (χ2n) is 7.83. The van der Waals surface area contributed by atoms with Crippen molar-refractivity contribution < 1.29 is 26.7 Å². The number of para-hydroxylation sites is 1. The molecule has 0 saturated carbocycles. The van der Waals surface area contributed by atoms with Crippen molar-refractivity contribution in [2.45, 2.75) is 19.4 Å². The lowest BCUT2D eigenvalue weighted by Crippen LogP contribution is -3.00. The number of anilines is 1. The van der Waals surface area contributed by atoms with Gasteiger partial charge in [-0.2, -0.15) is 0 Å². The molecule has 8 heteroatoms. The van der Waals surface area contributed by atoms with Gasteiger partial charge in [-0.3, -0.25) is 9.59 Å². The van der Waals surface area contributed by atoms with Gasteiger partial charge in [0.1, 0.15) is 11.5 Å². The Morgan fingerprint density at radius 1 is 0.941 bits per heavy atom. The van der Waals surface area contributed by atoms with Crippen LogP contribution in [0.2, 0.25) is 0 Å². The van der Waals surface area contributed by atoms with E-state index in [1.54, 1.807) is 20.3 Å². The molecule has 1 aromatic heterocycles. The van der Waals surface area contributed by atoms with Gasteiger partial charge in [-0.05, 0) is 61.0 Å². The minimum Gasteiger partial charge on any atom is -1.00 e. The quantitative estimate of drug-likeness (QED) is 0.365. The summed E-state index contributed by atoms with van der Waals surface area (Å²) in [6.07, 6.45) is 0.953. The molecule has 7 nitrogen and oxygen atoms in total. The minimum absolute atomic E-state index is 0. The lowest BCUT2D eigenvalue weighted by Gasteiger charge is -2.17. The minimum atomic E-state index is -0.121. The fourth-order valence-electron chi connectivity index (χ4n) is 4.00. The molecular formula is C26H27ClN3O4-. The van der Waals surface area contributed by atoms with Gasteiger partial charge in [-0.1, -0.05) is 12.1 Å². The van der Waals surface area contributed by atoms with Gasteiger partial charge in [-0.25, -0.2) is 0 Å². The van der Waals surface area contributed by atoms with Crippen molar-refractivity contribution in [1.29, 1.82) is 0 Å². The predicted molar refractivity (Wildman–Crippen MR) is 131 cm³/mol. The van der Waals surface area contributed by atoms with E-state index in [0.29, 0.717) is 53.9 Å². The molecule has 178 valence electrons. The van der Waals surface area contributed by atoms with Gasteiger partial charge >= 0.3 is 0 Å². The Morgan fingerprint density at radius 3 is 2.29 bits per heavy atom. The van der Waals surface area contributed by atoms with Gasteiger partial charge in [0.2, 0.25) is 5.91 Å². The smallest absolute Gasteiger partial charge is 0.224 e. The van der Waals surface area contributed by atoms with Crippen LogP contribution >= 0.6 is 0 Å². The Kier molecular flexibility index (Phi) is 8.15. The van der Waals surface area contributed by atoms with Crippen molar-refractivity contribution in [3.63, 3.8) is 0 Å². The number of nitrogens with zero attached hydrogens (tertiary/aromatic N) is 1. The van der Waals surface area contributed by atoms with Crippen LogP contribution in [-0.2, 0) is 11.3 Å². The summed E-state index contributed by atoms with van der Waals surface area (Å²) in [5.74, 6) is 1.27. The number of nitrogens with one attached hydrogen (secondary N) is 1. The molecule has 1 heterocycles. The number of rotatable bonds is 8. The van der Waals surface area contributed by atoms with Crippen LogP contribution in [0.5, 0.6) is 11.5 Å². The average molecular weight is 481 g/mol. The van der Waals surface area contributed by atoms with Crippen molar-refractivity contribution in [2.24, 2.45) is 5.73 Å². The number of methoxy groups -OCH3 is 2. The number of ether oxygens (including phenoxy) is 2. The molecule has 0 aliphatic heterocycles. The monoisotopic (exact) mass is 480 g/mol. The van der Waals surface area contributed by atoms with Crippen LogP contribution in [0.15, 0.2) is 65.5 Å². The lowest BCUT2D eigenvalue weighted by atomic mass is 10.1. The Bertz CT molecular complexity index is 1360. The Labute approximate surface area is 203 Å². The molecule has 0 unspecified atom stereocenters. The molecule has 1 amide bonds. The Hall–Kier alpha value is -3.55. The predicted octanol–water partition coefficient (Wildman–Crippen LogP) is 0.902. The second-order valence-corrected chi connectivity index (χ2v) is 7.83. The van der Waals surface area contributed by atoms with Gasteiger partial charge in [0.05, 0.1) is 25.3 Å². The number of carbonyl (C=O) groups excluding carboxylic acids is 1. The fraction of sp³-hybridized carbons (Fsp3) is 0.231. The van der Waals surface area contributed by atoms with Crippen molar-refractivity contribution in [3.05, 3.63) is 76.5 Å². The fourth-order valence-corrected chi connectivity index (χ4v) is 4.00. The molecule has 3 N–H and O–H groups in total. The van der Waals surface area contributed by atoms with E-state index in [4.69, 9.17) is 15.2 Å². The molecule has 0 spiro atoms. The van der Waals surface area contributed by atoms with E-state index in [9.17, 15) is 9.59 Å². The zero-order valence-electron chi connectivity index (χ0n) is 19.1. The van der Waals surface area contributed by atoms with Crippen LogP contribution in [0, 0.1) is 0 Å². The highest BCUT2D eigenvalue weighted by Crippen LogP contribution is 2.27. The zero-order chi connectivity index (χ0) is 23.4. The summed E-state index contributed by atoms with van der Waals surface area (Å²) in [5.41, 5.74) is 8.59. The summed E-state index contributed by atoms with van der Waals surface area (Å²) >= 11 is 0. The third-order valence-electron chi connectivity index (χ3n) is 5.62. The summed E-state index contributed by atoms with van der Waals surface area (Å²) in [6, 6.07) is 18.7. The van der Waals surface area contributed by atoms with Gasteiger partial charge in [-0.15, -0.1) is 0 Å². The van der Waals surface area contributed by atoms with E-state index in [1.165, 1.54) is 0 Å². The third-order valence-corrected chi connectivity index (χ3v) is 5.62. The molecule has 34 heavy (non-hydrogen) atoms. The molecule has 4 rings (SSSR count). The molecule has 0 aliphatic carbocycles. The summed E-state index contributed by atoms with van der Waals surface area (Å²) in [7, 11) is 3.23. The Morgan fingerprint density at radius 2 is 1.62 bits per heavy atom. The molecule has 3 aromatic carbocycles. The average Bonchev–Trinajstić information content (AvgIpc) is 2.85. The summed E-state index contributed by atoms with van der Waals surface area (Å²) in [6.45, 7) is 0.962. The number of hydrogen-bond acceptors (Lipinski definition) is 5. The van der Waals surface area contributed by atoms with Crippen molar-refractivity contribution in [2.75, 3.05) is 26.1 Å². The highest BCUT2D eigenvalue weighted by molar-refractivity contribution is 5.97. The summed E-state index contributed by atoms with van der Waals surface area (Å²) in [5, 5.41) is 4.03. The zero-order valence-corrected chi connectivity index (χ0v) is 19.9. The van der Waals surface area contributed by atoms with E-state index in [2.05, 4.69) is 9.88 Å². The SMILES string of the molecule is COc1cc(Cn2c3ccccc3c(=O)c3cc(NC(=O)CCCN)ccc32)cc(OC)c1.[Cl-]. The summed E-state index contributed by atoms with van der Waals surface area (Å²) in [4.78, 5) is 25.5. The third kappa shape index (κ3) is 5.16. The number of pyridine rings is 1.